The maximum absolute atomic E-state index is 12.7. The molecule has 3 aromatic heterocycles. The molecule has 1 aliphatic rings. The average molecular weight is 457 g/mol. The second-order valence-corrected chi connectivity index (χ2v) is 8.80. The third kappa shape index (κ3) is 3.63. The number of hydrogen-bond acceptors (Lipinski definition) is 5. The summed E-state index contributed by atoms with van der Waals surface area (Å²) in [5.74, 6) is 0.0379. The van der Waals surface area contributed by atoms with Gasteiger partial charge >= 0.3 is 0 Å². The second-order valence-electron chi connectivity index (χ2n) is 8.05. The topological polar surface area (TPSA) is 91.1 Å². The Morgan fingerprint density at radius 3 is 2.55 bits per heavy atom. The lowest BCUT2D eigenvalue weighted by molar-refractivity contribution is 0.0303. The molecule has 0 unspecified atom stereocenters. The molecule has 0 saturated carbocycles. The molecule has 0 atom stereocenters. The van der Waals surface area contributed by atoms with Crippen LogP contribution < -0.4 is 5.56 Å². The number of carbonyl (C=O) groups is 1. The molecule has 33 heavy (non-hydrogen) atoms. The predicted octanol–water partition coefficient (Wildman–Crippen LogP) is 4.27. The molecule has 2 aromatic carbocycles. The van der Waals surface area contributed by atoms with Gasteiger partial charge in [-0.25, -0.2) is 4.98 Å². The average Bonchev–Trinajstić information content (AvgIpc) is 3.49. The highest BCUT2D eigenvalue weighted by Crippen LogP contribution is 2.28. The zero-order valence-corrected chi connectivity index (χ0v) is 18.4. The van der Waals surface area contributed by atoms with E-state index in [1.165, 1.54) is 11.3 Å². The molecule has 7 nitrogen and oxygen atoms in total. The predicted molar refractivity (Wildman–Crippen MR) is 130 cm³/mol. The molecule has 2 N–H and O–H groups in total. The molecule has 0 bridgehead atoms. The van der Waals surface area contributed by atoms with Crippen molar-refractivity contribution in [3.05, 3.63) is 75.2 Å². The Bertz CT molecular complexity index is 1540. The Kier molecular flexibility index (Phi) is 4.82. The van der Waals surface area contributed by atoms with Gasteiger partial charge in [-0.2, -0.15) is 0 Å². The molecule has 1 aliphatic heterocycles. The number of amides is 1. The number of ether oxygens (including phenoxy) is 1. The number of morpholine rings is 1. The van der Waals surface area contributed by atoms with Gasteiger partial charge in [0, 0.05) is 40.3 Å². The molecule has 6 rings (SSSR count). The highest BCUT2D eigenvalue weighted by Gasteiger charge is 2.18. The minimum atomic E-state index is -0.215. The van der Waals surface area contributed by atoms with Crippen LogP contribution in [0, 0.1) is 0 Å². The molecule has 0 radical (unpaired) electrons. The van der Waals surface area contributed by atoms with Gasteiger partial charge in [-0.05, 0) is 41.5 Å². The highest BCUT2D eigenvalue weighted by atomic mass is 32.1. The number of H-pyrrole nitrogens is 2. The fourth-order valence-corrected chi connectivity index (χ4v) is 4.89. The van der Waals surface area contributed by atoms with Crippen molar-refractivity contribution in [3.63, 3.8) is 0 Å². The smallest absolute Gasteiger partial charge is 0.276 e. The number of aromatic amines is 2. The van der Waals surface area contributed by atoms with Crippen LogP contribution in [0.2, 0.25) is 0 Å². The largest absolute Gasteiger partial charge is 0.378 e. The van der Waals surface area contributed by atoms with Crippen molar-refractivity contribution in [2.75, 3.05) is 26.3 Å². The molecule has 8 heteroatoms. The first kappa shape index (κ1) is 19.9. The summed E-state index contributed by atoms with van der Waals surface area (Å²) in [7, 11) is 0. The summed E-state index contributed by atoms with van der Waals surface area (Å²) in [4.78, 5) is 37.8. The summed E-state index contributed by atoms with van der Waals surface area (Å²) in [6, 6.07) is 15.7. The van der Waals surface area contributed by atoms with Crippen molar-refractivity contribution in [1.29, 1.82) is 0 Å². The van der Waals surface area contributed by atoms with Crippen LogP contribution in [0.4, 0.5) is 0 Å². The van der Waals surface area contributed by atoms with Gasteiger partial charge in [0.05, 0.1) is 29.9 Å². The van der Waals surface area contributed by atoms with Crippen LogP contribution in [-0.4, -0.2) is 52.1 Å². The van der Waals surface area contributed by atoms with E-state index in [1.54, 1.807) is 0 Å². The maximum atomic E-state index is 12.7. The van der Waals surface area contributed by atoms with E-state index in [0.717, 1.165) is 33.1 Å². The van der Waals surface area contributed by atoms with E-state index in [9.17, 15) is 9.59 Å². The van der Waals surface area contributed by atoms with Crippen LogP contribution in [0.1, 0.15) is 10.4 Å². The van der Waals surface area contributed by atoms with Crippen molar-refractivity contribution in [1.82, 2.24) is 19.9 Å². The SMILES string of the molecule is O=C(c1ccc(-c2ccc3[nH]c(-c4nc5cscc5[nH]c4=O)cc3c2)cc1)N1CCOCC1. The van der Waals surface area contributed by atoms with Crippen LogP contribution in [0.25, 0.3) is 44.5 Å². The number of benzene rings is 2. The quantitative estimate of drug-likeness (QED) is 0.424. The van der Waals surface area contributed by atoms with Gasteiger partial charge in [-0.1, -0.05) is 18.2 Å². The molecule has 1 fully saturated rings. The van der Waals surface area contributed by atoms with Gasteiger partial charge in [-0.15, -0.1) is 11.3 Å². The summed E-state index contributed by atoms with van der Waals surface area (Å²) in [5, 5.41) is 4.79. The lowest BCUT2D eigenvalue weighted by atomic mass is 10.0. The second kappa shape index (κ2) is 7.99. The summed E-state index contributed by atoms with van der Waals surface area (Å²) in [6.07, 6.45) is 0. The number of aromatic nitrogens is 3. The molecule has 1 amide bonds. The Balaban J connectivity index is 1.30. The fourth-order valence-electron chi connectivity index (χ4n) is 4.20. The highest BCUT2D eigenvalue weighted by molar-refractivity contribution is 7.09. The van der Waals surface area contributed by atoms with E-state index in [-0.39, 0.29) is 11.5 Å². The van der Waals surface area contributed by atoms with Gasteiger partial charge in [0.15, 0.2) is 5.69 Å². The summed E-state index contributed by atoms with van der Waals surface area (Å²) >= 11 is 1.51. The van der Waals surface area contributed by atoms with Crippen LogP contribution >= 0.6 is 11.3 Å². The number of thiophene rings is 1. The number of carbonyl (C=O) groups excluding carboxylic acids is 1. The summed E-state index contributed by atoms with van der Waals surface area (Å²) in [5.41, 5.74) is 6.05. The minimum absolute atomic E-state index is 0.0379. The first-order chi connectivity index (χ1) is 16.2. The van der Waals surface area contributed by atoms with Gasteiger partial charge in [0.2, 0.25) is 0 Å². The lowest BCUT2D eigenvalue weighted by Gasteiger charge is -2.26. The first-order valence-electron chi connectivity index (χ1n) is 10.7. The van der Waals surface area contributed by atoms with Gasteiger partial charge < -0.3 is 19.6 Å². The zero-order chi connectivity index (χ0) is 22.4. The van der Waals surface area contributed by atoms with Crippen LogP contribution in [0.5, 0.6) is 0 Å². The van der Waals surface area contributed by atoms with Gasteiger partial charge in [0.25, 0.3) is 11.5 Å². The molecule has 0 spiro atoms. The Morgan fingerprint density at radius 2 is 1.73 bits per heavy atom. The van der Waals surface area contributed by atoms with Crippen LogP contribution in [0.3, 0.4) is 0 Å². The fraction of sp³-hybridized carbons (Fsp3) is 0.160. The minimum Gasteiger partial charge on any atom is -0.378 e. The van der Waals surface area contributed by atoms with Crippen molar-refractivity contribution in [2.24, 2.45) is 0 Å². The third-order valence-electron chi connectivity index (χ3n) is 5.98. The first-order valence-corrected chi connectivity index (χ1v) is 11.7. The third-order valence-corrected chi connectivity index (χ3v) is 6.71. The van der Waals surface area contributed by atoms with E-state index in [1.807, 2.05) is 58.1 Å². The molecule has 1 saturated heterocycles. The van der Waals surface area contributed by atoms with Crippen LogP contribution in [-0.2, 0) is 4.74 Å². The number of rotatable bonds is 3. The Morgan fingerprint density at radius 1 is 0.939 bits per heavy atom. The van der Waals surface area contributed by atoms with Crippen molar-refractivity contribution >= 4 is 39.2 Å². The number of hydrogen-bond donors (Lipinski definition) is 2. The number of nitrogens with one attached hydrogen (secondary N) is 2. The molecule has 5 aromatic rings. The maximum Gasteiger partial charge on any atom is 0.276 e. The molecule has 4 heterocycles. The normalized spacial score (nSPS) is 14.2. The number of nitrogens with zero attached hydrogens (tertiary/aromatic N) is 2. The van der Waals surface area contributed by atoms with Crippen molar-refractivity contribution < 1.29 is 9.53 Å². The molecule has 0 aliphatic carbocycles. The monoisotopic (exact) mass is 456 g/mol. The van der Waals surface area contributed by atoms with E-state index in [0.29, 0.717) is 43.3 Å². The molecule has 164 valence electrons. The number of fused-ring (bicyclic) bond motifs is 2. The van der Waals surface area contributed by atoms with Gasteiger partial charge in [0.1, 0.15) is 0 Å². The van der Waals surface area contributed by atoms with Gasteiger partial charge in [-0.3, -0.25) is 9.59 Å². The molecular weight excluding hydrogens is 436 g/mol. The van der Waals surface area contributed by atoms with E-state index in [4.69, 9.17) is 4.74 Å². The zero-order valence-electron chi connectivity index (χ0n) is 17.6. The standard InChI is InChI=1S/C25H20N4O3S/c30-24-23(27-21-13-33-14-22(21)28-24)20-12-18-11-17(5-6-19(18)26-20)15-1-3-16(4-2-15)25(31)29-7-9-32-10-8-29/h1-6,11-14,26H,7-10H2,(H,28,30). The summed E-state index contributed by atoms with van der Waals surface area (Å²) in [6.45, 7) is 2.43. The van der Waals surface area contributed by atoms with Crippen molar-refractivity contribution in [2.45, 2.75) is 0 Å². The van der Waals surface area contributed by atoms with E-state index >= 15 is 0 Å². The summed E-state index contributed by atoms with van der Waals surface area (Å²) < 4.78 is 5.33. The Labute approximate surface area is 192 Å². The Hall–Kier alpha value is -3.75. The van der Waals surface area contributed by atoms with Crippen LogP contribution in [0.15, 0.2) is 64.1 Å². The molecular formula is C25H20N4O3S. The van der Waals surface area contributed by atoms with Crippen molar-refractivity contribution in [3.8, 4) is 22.5 Å². The van der Waals surface area contributed by atoms with E-state index in [2.05, 4.69) is 21.0 Å². The lowest BCUT2D eigenvalue weighted by Crippen LogP contribution is -2.40. The van der Waals surface area contributed by atoms with E-state index < -0.39 is 0 Å².